The number of benzene rings is 1. The Labute approximate surface area is 214 Å². The second-order valence-corrected chi connectivity index (χ2v) is 8.65. The molecule has 3 aromatic heterocycles. The molecule has 5 rings (SSSR count). The molecule has 13 heteroatoms. The summed E-state index contributed by atoms with van der Waals surface area (Å²) in [7, 11) is 0. The van der Waals surface area contributed by atoms with Crippen molar-refractivity contribution in [3.63, 3.8) is 0 Å². The van der Waals surface area contributed by atoms with Gasteiger partial charge in [0.15, 0.2) is 11.4 Å². The molecule has 0 aliphatic carbocycles. The van der Waals surface area contributed by atoms with Crippen molar-refractivity contribution in [2.45, 2.75) is 19.3 Å². The van der Waals surface area contributed by atoms with Crippen LogP contribution in [0.5, 0.6) is 5.75 Å². The molecule has 1 aromatic carbocycles. The Morgan fingerprint density at radius 3 is 2.45 bits per heavy atom. The number of hydrogen-bond donors (Lipinski definition) is 1. The van der Waals surface area contributed by atoms with Crippen LogP contribution in [0.4, 0.5) is 19.0 Å². The molecule has 1 atom stereocenters. The fourth-order valence-electron chi connectivity index (χ4n) is 4.29. The number of fused-ring (bicyclic) bond motifs is 1. The van der Waals surface area contributed by atoms with Crippen LogP contribution in [0.25, 0.3) is 16.9 Å². The van der Waals surface area contributed by atoms with Crippen molar-refractivity contribution in [1.82, 2.24) is 24.2 Å². The van der Waals surface area contributed by atoms with Gasteiger partial charge in [0, 0.05) is 44.1 Å². The predicted octanol–water partition coefficient (Wildman–Crippen LogP) is 3.67. The van der Waals surface area contributed by atoms with E-state index in [9.17, 15) is 22.8 Å². The molecule has 0 spiro atoms. The topological polar surface area (TPSA) is 105 Å². The number of imidazole rings is 1. The van der Waals surface area contributed by atoms with Gasteiger partial charge in [-0.3, -0.25) is 19.0 Å². The summed E-state index contributed by atoms with van der Waals surface area (Å²) in [5.74, 6) is 0.00380. The van der Waals surface area contributed by atoms with Crippen LogP contribution < -0.4 is 10.1 Å². The molecular weight excluding hydrogens is 505 g/mol. The number of anilines is 1. The molecule has 10 nitrogen and oxygen atoms in total. The largest absolute Gasteiger partial charge is 0.573 e. The zero-order valence-corrected chi connectivity index (χ0v) is 20.2. The number of rotatable bonds is 6. The summed E-state index contributed by atoms with van der Waals surface area (Å²) in [5.41, 5.74) is 1.45. The molecule has 1 unspecified atom stereocenters. The number of hydrogen-bond acceptors (Lipinski definition) is 7. The summed E-state index contributed by atoms with van der Waals surface area (Å²) in [6, 6.07) is 7.91. The first-order chi connectivity index (χ1) is 18.2. The normalized spacial score (nSPS) is 14.9. The predicted molar refractivity (Wildman–Crippen MR) is 129 cm³/mol. The van der Waals surface area contributed by atoms with Gasteiger partial charge in [-0.2, -0.15) is 0 Å². The summed E-state index contributed by atoms with van der Waals surface area (Å²) >= 11 is 0. The first-order valence-corrected chi connectivity index (χ1v) is 11.8. The highest BCUT2D eigenvalue weighted by molar-refractivity contribution is 5.92. The highest BCUT2D eigenvalue weighted by Crippen LogP contribution is 2.31. The molecule has 198 valence electrons. The standard InChI is InChI=1S/C25H23F3N6O4/c1-16(23(35)32-10-12-33(13-11-32)24(36)19-3-2-14-37-19)30-22-21(31-20-15-29-8-9-34(20)22)17-4-6-18(7-5-17)38-25(26,27)28/h2-9,14-16,30H,10-13H2,1H3. The van der Waals surface area contributed by atoms with Gasteiger partial charge in [0.1, 0.15) is 23.3 Å². The quantitative estimate of drug-likeness (QED) is 0.407. The number of ether oxygens (including phenoxy) is 1. The van der Waals surface area contributed by atoms with Gasteiger partial charge < -0.3 is 24.3 Å². The number of carbonyl (C=O) groups is 2. The molecule has 4 aromatic rings. The minimum atomic E-state index is -4.80. The third-order valence-corrected chi connectivity index (χ3v) is 6.13. The Morgan fingerprint density at radius 2 is 1.79 bits per heavy atom. The molecule has 4 heterocycles. The van der Waals surface area contributed by atoms with Crippen molar-refractivity contribution in [3.8, 4) is 17.0 Å². The average Bonchev–Trinajstić information content (AvgIpc) is 3.56. The number of piperazine rings is 1. The summed E-state index contributed by atoms with van der Waals surface area (Å²) in [5, 5.41) is 3.21. The Balaban J connectivity index is 1.31. The highest BCUT2D eigenvalue weighted by atomic mass is 19.4. The number of nitrogens with zero attached hydrogens (tertiary/aromatic N) is 5. The van der Waals surface area contributed by atoms with E-state index in [1.54, 1.807) is 45.7 Å². The van der Waals surface area contributed by atoms with E-state index >= 15 is 0 Å². The van der Waals surface area contributed by atoms with Gasteiger partial charge in [0.25, 0.3) is 5.91 Å². The van der Waals surface area contributed by atoms with Crippen molar-refractivity contribution in [2.24, 2.45) is 0 Å². The van der Waals surface area contributed by atoms with Crippen molar-refractivity contribution in [2.75, 3.05) is 31.5 Å². The van der Waals surface area contributed by atoms with Gasteiger partial charge in [-0.25, -0.2) is 4.98 Å². The van der Waals surface area contributed by atoms with Gasteiger partial charge in [-0.1, -0.05) is 0 Å². The van der Waals surface area contributed by atoms with Crippen LogP contribution >= 0.6 is 0 Å². The van der Waals surface area contributed by atoms with E-state index in [0.29, 0.717) is 48.9 Å². The number of nitrogens with one attached hydrogen (secondary N) is 1. The van der Waals surface area contributed by atoms with E-state index in [0.717, 1.165) is 0 Å². The molecule has 0 bridgehead atoms. The van der Waals surface area contributed by atoms with Crippen molar-refractivity contribution in [3.05, 3.63) is 67.0 Å². The van der Waals surface area contributed by atoms with Crippen molar-refractivity contribution in [1.29, 1.82) is 0 Å². The molecule has 0 saturated carbocycles. The number of aromatic nitrogens is 3. The zero-order valence-electron chi connectivity index (χ0n) is 20.2. The Morgan fingerprint density at radius 1 is 1.08 bits per heavy atom. The monoisotopic (exact) mass is 528 g/mol. The second kappa shape index (κ2) is 10.1. The van der Waals surface area contributed by atoms with Gasteiger partial charge in [0.05, 0.1) is 12.5 Å². The van der Waals surface area contributed by atoms with Crippen LogP contribution in [0.15, 0.2) is 65.7 Å². The summed E-state index contributed by atoms with van der Waals surface area (Å²) in [4.78, 5) is 37.7. The van der Waals surface area contributed by atoms with Gasteiger partial charge in [-0.05, 0) is 43.3 Å². The van der Waals surface area contributed by atoms with E-state index in [-0.39, 0.29) is 23.3 Å². The Hall–Kier alpha value is -4.55. The van der Waals surface area contributed by atoms with Crippen molar-refractivity contribution >= 4 is 23.3 Å². The lowest BCUT2D eigenvalue weighted by molar-refractivity contribution is -0.274. The third kappa shape index (κ3) is 5.26. The van der Waals surface area contributed by atoms with E-state index in [4.69, 9.17) is 4.42 Å². The molecule has 1 fully saturated rings. The van der Waals surface area contributed by atoms with Gasteiger partial charge >= 0.3 is 6.36 Å². The third-order valence-electron chi connectivity index (χ3n) is 6.13. The molecular formula is C25H23F3N6O4. The van der Waals surface area contributed by atoms with Crippen LogP contribution in [-0.4, -0.2) is 74.6 Å². The summed E-state index contributed by atoms with van der Waals surface area (Å²) in [6.07, 6.45) is 1.42. The van der Waals surface area contributed by atoms with E-state index in [2.05, 4.69) is 20.0 Å². The lowest BCUT2D eigenvalue weighted by Crippen LogP contribution is -2.53. The number of amides is 2. The molecule has 1 N–H and O–H groups in total. The first kappa shape index (κ1) is 25.1. The van der Waals surface area contributed by atoms with Crippen LogP contribution in [0, 0.1) is 0 Å². The van der Waals surface area contributed by atoms with Crippen LogP contribution in [0.1, 0.15) is 17.5 Å². The minimum absolute atomic E-state index is 0.168. The Kier molecular flexibility index (Phi) is 6.66. The minimum Gasteiger partial charge on any atom is -0.459 e. The average molecular weight is 528 g/mol. The Bertz CT molecular complexity index is 1430. The lowest BCUT2D eigenvalue weighted by Gasteiger charge is -2.35. The zero-order chi connectivity index (χ0) is 26.9. The van der Waals surface area contributed by atoms with Crippen LogP contribution in [0.3, 0.4) is 0 Å². The van der Waals surface area contributed by atoms with E-state index in [1.165, 1.54) is 36.7 Å². The van der Waals surface area contributed by atoms with E-state index < -0.39 is 12.4 Å². The SMILES string of the molecule is CC(Nc1c(-c2ccc(OC(F)(F)F)cc2)nc2cnccn12)C(=O)N1CCN(C(=O)c2ccco2)CC1. The van der Waals surface area contributed by atoms with Crippen LogP contribution in [0.2, 0.25) is 0 Å². The fourth-order valence-corrected chi connectivity index (χ4v) is 4.29. The molecule has 1 saturated heterocycles. The number of carbonyl (C=O) groups excluding carboxylic acids is 2. The summed E-state index contributed by atoms with van der Waals surface area (Å²) in [6.45, 7) is 3.19. The molecule has 2 amide bonds. The smallest absolute Gasteiger partial charge is 0.459 e. The van der Waals surface area contributed by atoms with E-state index in [1.807, 2.05) is 0 Å². The van der Waals surface area contributed by atoms with Crippen molar-refractivity contribution < 1.29 is 31.9 Å². The fraction of sp³-hybridized carbons (Fsp3) is 0.280. The molecule has 38 heavy (non-hydrogen) atoms. The number of halogens is 3. The number of furan rings is 1. The lowest BCUT2D eigenvalue weighted by atomic mass is 10.1. The highest BCUT2D eigenvalue weighted by Gasteiger charge is 2.31. The second-order valence-electron chi connectivity index (χ2n) is 8.65. The number of alkyl halides is 3. The first-order valence-electron chi connectivity index (χ1n) is 11.8. The molecule has 1 aliphatic heterocycles. The van der Waals surface area contributed by atoms with Crippen LogP contribution in [-0.2, 0) is 4.79 Å². The maximum atomic E-state index is 13.3. The maximum Gasteiger partial charge on any atom is 0.573 e. The summed E-state index contributed by atoms with van der Waals surface area (Å²) < 4.78 is 48.5. The maximum absolute atomic E-state index is 13.3. The molecule has 0 radical (unpaired) electrons. The van der Waals surface area contributed by atoms with Gasteiger partial charge in [-0.15, -0.1) is 13.2 Å². The van der Waals surface area contributed by atoms with Gasteiger partial charge in [0.2, 0.25) is 5.91 Å². The molecule has 1 aliphatic rings.